The second kappa shape index (κ2) is 6.89. The van der Waals surface area contributed by atoms with Gasteiger partial charge in [0.25, 0.3) is 0 Å². The summed E-state index contributed by atoms with van der Waals surface area (Å²) in [5.74, 6) is -0.569. The highest BCUT2D eigenvalue weighted by molar-refractivity contribution is 5.40. The van der Waals surface area contributed by atoms with Crippen molar-refractivity contribution < 1.29 is 17.9 Å². The Morgan fingerprint density at radius 2 is 2.22 bits per heavy atom. The number of allylic oxidation sites excluding steroid dienone is 8. The van der Waals surface area contributed by atoms with Gasteiger partial charge >= 0.3 is 0 Å². The van der Waals surface area contributed by atoms with Crippen LogP contribution in [0.4, 0.5) is 13.2 Å². The summed E-state index contributed by atoms with van der Waals surface area (Å²) in [6, 6.07) is 0. The van der Waals surface area contributed by atoms with Gasteiger partial charge in [-0.05, 0) is 25.2 Å². The maximum Gasteiger partial charge on any atom is 0.186 e. The SMILES string of the molecule is C=C/C(=C\C=C\C1=C(F)C(F)C(F)C=C1)OCC. The Morgan fingerprint density at radius 3 is 2.83 bits per heavy atom. The molecule has 98 valence electrons. The molecule has 0 aromatic heterocycles. The molecule has 2 atom stereocenters. The minimum atomic E-state index is -2.22. The van der Waals surface area contributed by atoms with Crippen LogP contribution in [0.2, 0.25) is 0 Å². The summed E-state index contributed by atoms with van der Waals surface area (Å²) in [7, 11) is 0. The zero-order chi connectivity index (χ0) is 13.5. The third kappa shape index (κ3) is 3.65. The molecule has 0 spiro atoms. The van der Waals surface area contributed by atoms with Crippen LogP contribution in [-0.2, 0) is 4.74 Å². The molecule has 18 heavy (non-hydrogen) atoms. The van der Waals surface area contributed by atoms with E-state index < -0.39 is 18.2 Å². The third-order valence-corrected chi connectivity index (χ3v) is 2.31. The lowest BCUT2D eigenvalue weighted by Crippen LogP contribution is -2.19. The normalized spacial score (nSPS) is 24.8. The Bertz CT molecular complexity index is 419. The zero-order valence-corrected chi connectivity index (χ0v) is 10.1. The van der Waals surface area contributed by atoms with E-state index in [-0.39, 0.29) is 5.57 Å². The molecule has 0 saturated carbocycles. The fourth-order valence-corrected chi connectivity index (χ4v) is 1.40. The Balaban J connectivity index is 2.79. The molecule has 4 heteroatoms. The highest BCUT2D eigenvalue weighted by Gasteiger charge is 2.27. The van der Waals surface area contributed by atoms with Crippen molar-refractivity contribution in [3.8, 4) is 0 Å². The van der Waals surface area contributed by atoms with E-state index in [1.165, 1.54) is 24.3 Å². The predicted molar refractivity (Wildman–Crippen MR) is 66.1 cm³/mol. The molecule has 0 radical (unpaired) electrons. The van der Waals surface area contributed by atoms with Gasteiger partial charge in [-0.1, -0.05) is 24.8 Å². The average Bonchev–Trinajstić information content (AvgIpc) is 2.37. The molecule has 0 heterocycles. The highest BCUT2D eigenvalue weighted by Crippen LogP contribution is 2.26. The smallest absolute Gasteiger partial charge is 0.186 e. The van der Waals surface area contributed by atoms with E-state index in [9.17, 15) is 13.2 Å². The van der Waals surface area contributed by atoms with Gasteiger partial charge in [-0.3, -0.25) is 0 Å². The summed E-state index contributed by atoms with van der Waals surface area (Å²) in [5.41, 5.74) is 0.0209. The molecular weight excluding hydrogens is 241 g/mol. The number of alkyl halides is 2. The number of halogens is 3. The fourth-order valence-electron chi connectivity index (χ4n) is 1.40. The van der Waals surface area contributed by atoms with Crippen molar-refractivity contribution in [1.82, 2.24) is 0 Å². The third-order valence-electron chi connectivity index (χ3n) is 2.31. The van der Waals surface area contributed by atoms with Gasteiger partial charge in [-0.25, -0.2) is 13.2 Å². The van der Waals surface area contributed by atoms with Crippen LogP contribution >= 0.6 is 0 Å². The zero-order valence-electron chi connectivity index (χ0n) is 10.1. The van der Waals surface area contributed by atoms with Crippen LogP contribution in [0, 0.1) is 0 Å². The maximum absolute atomic E-state index is 13.3. The van der Waals surface area contributed by atoms with Gasteiger partial charge in [0.1, 0.15) is 11.6 Å². The van der Waals surface area contributed by atoms with Crippen LogP contribution in [-0.4, -0.2) is 19.0 Å². The van der Waals surface area contributed by atoms with E-state index in [1.54, 1.807) is 6.08 Å². The molecule has 0 fully saturated rings. The summed E-state index contributed by atoms with van der Waals surface area (Å²) in [5, 5.41) is 0. The van der Waals surface area contributed by atoms with E-state index in [4.69, 9.17) is 4.74 Å². The van der Waals surface area contributed by atoms with Crippen molar-refractivity contribution >= 4 is 0 Å². The summed E-state index contributed by atoms with van der Waals surface area (Å²) in [4.78, 5) is 0. The molecule has 0 N–H and O–H groups in total. The number of rotatable bonds is 5. The molecule has 1 aliphatic rings. The van der Waals surface area contributed by atoms with E-state index in [2.05, 4.69) is 6.58 Å². The topological polar surface area (TPSA) is 9.23 Å². The first-order valence-electron chi connectivity index (χ1n) is 5.59. The predicted octanol–water partition coefficient (Wildman–Crippen LogP) is 4.12. The van der Waals surface area contributed by atoms with Gasteiger partial charge in [0.05, 0.1) is 6.61 Å². The van der Waals surface area contributed by atoms with E-state index in [1.807, 2.05) is 6.92 Å². The minimum absolute atomic E-state index is 0.0209. The molecule has 1 nitrogen and oxygen atoms in total. The molecule has 0 aromatic rings. The molecule has 0 saturated heterocycles. The van der Waals surface area contributed by atoms with Crippen molar-refractivity contribution in [2.75, 3.05) is 6.61 Å². The Kier molecular flexibility index (Phi) is 5.49. The van der Waals surface area contributed by atoms with Crippen LogP contribution in [0.5, 0.6) is 0 Å². The lowest BCUT2D eigenvalue weighted by molar-refractivity contribution is 0.205. The first kappa shape index (κ1) is 14.4. The Hall–Kier alpha value is -1.71. The van der Waals surface area contributed by atoms with Crippen LogP contribution in [0.3, 0.4) is 0 Å². The van der Waals surface area contributed by atoms with Gasteiger partial charge in [0.15, 0.2) is 12.3 Å². The minimum Gasteiger partial charge on any atom is -0.494 e. The van der Waals surface area contributed by atoms with Gasteiger partial charge in [0, 0.05) is 5.57 Å². The van der Waals surface area contributed by atoms with Crippen molar-refractivity contribution in [2.24, 2.45) is 0 Å². The first-order chi connectivity index (χ1) is 8.60. The Labute approximate surface area is 105 Å². The van der Waals surface area contributed by atoms with Crippen molar-refractivity contribution in [3.63, 3.8) is 0 Å². The standard InChI is InChI=1S/C14H15F3O/c1-3-11(18-4-2)7-5-6-10-8-9-12(15)14(17)13(10)16/h3,5-9,12,14H,1,4H2,2H3/b6-5+,11-7+. The Morgan fingerprint density at radius 1 is 1.50 bits per heavy atom. The molecule has 0 bridgehead atoms. The second-order valence-electron chi connectivity index (χ2n) is 3.57. The monoisotopic (exact) mass is 256 g/mol. The van der Waals surface area contributed by atoms with Crippen LogP contribution in [0.25, 0.3) is 0 Å². The lowest BCUT2D eigenvalue weighted by Gasteiger charge is -2.14. The molecule has 0 aliphatic heterocycles. The molecular formula is C14H15F3O. The fraction of sp³-hybridized carbons (Fsp3) is 0.286. The van der Waals surface area contributed by atoms with Gasteiger partial charge in [0.2, 0.25) is 0 Å². The van der Waals surface area contributed by atoms with Crippen LogP contribution in [0.15, 0.2) is 60.2 Å². The van der Waals surface area contributed by atoms with E-state index in [0.717, 1.165) is 6.08 Å². The molecule has 0 aromatic carbocycles. The van der Waals surface area contributed by atoms with E-state index >= 15 is 0 Å². The van der Waals surface area contributed by atoms with Crippen molar-refractivity contribution in [3.05, 3.63) is 60.2 Å². The molecule has 1 aliphatic carbocycles. The average molecular weight is 256 g/mol. The summed E-state index contributed by atoms with van der Waals surface area (Å²) in [6.45, 7) is 5.85. The maximum atomic E-state index is 13.3. The number of hydrogen-bond acceptors (Lipinski definition) is 1. The summed E-state index contributed by atoms with van der Waals surface area (Å²) >= 11 is 0. The summed E-state index contributed by atoms with van der Waals surface area (Å²) in [6.07, 6.45) is 4.01. The van der Waals surface area contributed by atoms with Crippen molar-refractivity contribution in [2.45, 2.75) is 19.3 Å². The quantitative estimate of drug-likeness (QED) is 0.531. The lowest BCUT2D eigenvalue weighted by atomic mass is 10.0. The first-order valence-corrected chi connectivity index (χ1v) is 5.59. The summed E-state index contributed by atoms with van der Waals surface area (Å²) < 4.78 is 44.4. The van der Waals surface area contributed by atoms with Gasteiger partial charge < -0.3 is 4.74 Å². The largest absolute Gasteiger partial charge is 0.494 e. The molecule has 0 amide bonds. The number of hydrogen-bond donors (Lipinski definition) is 0. The van der Waals surface area contributed by atoms with Crippen LogP contribution in [0.1, 0.15) is 6.92 Å². The van der Waals surface area contributed by atoms with Gasteiger partial charge in [-0.15, -0.1) is 0 Å². The van der Waals surface area contributed by atoms with Crippen LogP contribution < -0.4 is 0 Å². The van der Waals surface area contributed by atoms with E-state index in [0.29, 0.717) is 12.4 Å². The second-order valence-corrected chi connectivity index (χ2v) is 3.57. The number of ether oxygens (including phenoxy) is 1. The molecule has 2 unspecified atom stereocenters. The molecule has 1 rings (SSSR count). The highest BCUT2D eigenvalue weighted by atomic mass is 19.2. The van der Waals surface area contributed by atoms with Crippen molar-refractivity contribution in [1.29, 1.82) is 0 Å². The van der Waals surface area contributed by atoms with Gasteiger partial charge in [-0.2, -0.15) is 0 Å².